The van der Waals surface area contributed by atoms with E-state index in [0.717, 1.165) is 22.6 Å². The molecule has 1 amide bonds. The first-order valence-corrected chi connectivity index (χ1v) is 5.45. The van der Waals surface area contributed by atoms with E-state index in [9.17, 15) is 4.79 Å². The summed E-state index contributed by atoms with van der Waals surface area (Å²) in [6, 6.07) is 15.9. The molecular formula is C14H11NO2. The molecule has 0 radical (unpaired) electrons. The van der Waals surface area contributed by atoms with Crippen LogP contribution in [0.25, 0.3) is 11.1 Å². The number of benzene rings is 2. The average Bonchev–Trinajstić information content (AvgIpc) is 2.39. The Hall–Kier alpha value is -2.29. The number of hydrogen-bond acceptors (Lipinski definition) is 2. The zero-order valence-electron chi connectivity index (χ0n) is 9.14. The van der Waals surface area contributed by atoms with Gasteiger partial charge >= 0.3 is 0 Å². The minimum absolute atomic E-state index is 0.0885. The molecule has 17 heavy (non-hydrogen) atoms. The Morgan fingerprint density at radius 2 is 1.82 bits per heavy atom. The Kier molecular flexibility index (Phi) is 2.29. The molecule has 3 rings (SSSR count). The number of anilines is 1. The molecular weight excluding hydrogens is 214 g/mol. The van der Waals surface area contributed by atoms with E-state index < -0.39 is 0 Å². The lowest BCUT2D eigenvalue weighted by Gasteiger charge is -2.18. The van der Waals surface area contributed by atoms with E-state index >= 15 is 0 Å². The minimum Gasteiger partial charge on any atom is -0.482 e. The van der Waals surface area contributed by atoms with Gasteiger partial charge in [0.2, 0.25) is 0 Å². The van der Waals surface area contributed by atoms with Gasteiger partial charge in [0.25, 0.3) is 5.91 Å². The van der Waals surface area contributed by atoms with Crippen molar-refractivity contribution >= 4 is 11.6 Å². The van der Waals surface area contributed by atoms with Gasteiger partial charge in [-0.3, -0.25) is 4.79 Å². The van der Waals surface area contributed by atoms with E-state index in [1.54, 1.807) is 0 Å². The molecule has 3 nitrogen and oxygen atoms in total. The maximum Gasteiger partial charge on any atom is 0.262 e. The number of fused-ring (bicyclic) bond motifs is 1. The fourth-order valence-electron chi connectivity index (χ4n) is 1.88. The monoisotopic (exact) mass is 225 g/mol. The number of carbonyl (C=O) groups is 1. The molecule has 3 heteroatoms. The second kappa shape index (κ2) is 3.94. The topological polar surface area (TPSA) is 38.3 Å². The van der Waals surface area contributed by atoms with Crippen molar-refractivity contribution in [3.05, 3.63) is 48.5 Å². The Bertz CT molecular complexity index is 564. The van der Waals surface area contributed by atoms with E-state index in [2.05, 4.69) is 5.32 Å². The van der Waals surface area contributed by atoms with Gasteiger partial charge in [0, 0.05) is 0 Å². The van der Waals surface area contributed by atoms with Crippen LogP contribution in [0, 0.1) is 0 Å². The molecule has 0 unspecified atom stereocenters. The van der Waals surface area contributed by atoms with Crippen molar-refractivity contribution in [3.8, 4) is 16.9 Å². The van der Waals surface area contributed by atoms with E-state index in [1.807, 2.05) is 48.5 Å². The van der Waals surface area contributed by atoms with Crippen molar-refractivity contribution in [2.24, 2.45) is 0 Å². The third kappa shape index (κ3) is 1.87. The number of amides is 1. The molecule has 84 valence electrons. The van der Waals surface area contributed by atoms with Crippen molar-refractivity contribution in [2.45, 2.75) is 0 Å². The maximum absolute atomic E-state index is 11.1. The van der Waals surface area contributed by atoms with Crippen LogP contribution in [0.2, 0.25) is 0 Å². The second-order valence-electron chi connectivity index (χ2n) is 3.91. The highest BCUT2D eigenvalue weighted by Gasteiger charge is 2.15. The van der Waals surface area contributed by atoms with E-state index in [-0.39, 0.29) is 12.5 Å². The van der Waals surface area contributed by atoms with Gasteiger partial charge in [0.15, 0.2) is 6.61 Å². The summed E-state index contributed by atoms with van der Waals surface area (Å²) in [5, 5.41) is 2.77. The number of rotatable bonds is 1. The summed E-state index contributed by atoms with van der Waals surface area (Å²) in [7, 11) is 0. The van der Waals surface area contributed by atoms with Gasteiger partial charge in [-0.15, -0.1) is 0 Å². The summed E-state index contributed by atoms with van der Waals surface area (Å²) >= 11 is 0. The Labute approximate surface area is 99.0 Å². The first-order chi connectivity index (χ1) is 8.33. The van der Waals surface area contributed by atoms with Crippen LogP contribution in [-0.2, 0) is 4.79 Å². The molecule has 0 spiro atoms. The number of nitrogens with one attached hydrogen (secondary N) is 1. The molecule has 1 heterocycles. The predicted octanol–water partition coefficient (Wildman–Crippen LogP) is 2.68. The summed E-state index contributed by atoms with van der Waals surface area (Å²) < 4.78 is 5.39. The molecule has 2 aromatic carbocycles. The smallest absolute Gasteiger partial charge is 0.262 e. The Balaban J connectivity index is 2.02. The normalized spacial score (nSPS) is 13.5. The largest absolute Gasteiger partial charge is 0.482 e. The zero-order chi connectivity index (χ0) is 11.7. The third-order valence-electron chi connectivity index (χ3n) is 2.72. The molecule has 0 aliphatic carbocycles. The zero-order valence-corrected chi connectivity index (χ0v) is 9.14. The van der Waals surface area contributed by atoms with Crippen molar-refractivity contribution in [1.29, 1.82) is 0 Å². The molecule has 1 N–H and O–H groups in total. The van der Waals surface area contributed by atoms with Gasteiger partial charge in [-0.25, -0.2) is 0 Å². The van der Waals surface area contributed by atoms with Crippen LogP contribution in [0.4, 0.5) is 5.69 Å². The molecule has 1 aliphatic rings. The highest BCUT2D eigenvalue weighted by Crippen LogP contribution is 2.32. The van der Waals surface area contributed by atoms with Crippen molar-refractivity contribution in [2.75, 3.05) is 11.9 Å². The molecule has 2 aromatic rings. The fourth-order valence-corrected chi connectivity index (χ4v) is 1.88. The summed E-state index contributed by atoms with van der Waals surface area (Å²) in [5.41, 5.74) is 2.96. The van der Waals surface area contributed by atoms with Gasteiger partial charge in [-0.1, -0.05) is 36.4 Å². The molecule has 0 bridgehead atoms. The van der Waals surface area contributed by atoms with Crippen LogP contribution < -0.4 is 10.1 Å². The molecule has 0 atom stereocenters. The van der Waals surface area contributed by atoms with Gasteiger partial charge < -0.3 is 10.1 Å². The van der Waals surface area contributed by atoms with Gasteiger partial charge in [-0.05, 0) is 23.3 Å². The van der Waals surface area contributed by atoms with E-state index in [4.69, 9.17) is 4.74 Å². The van der Waals surface area contributed by atoms with Crippen LogP contribution in [-0.4, -0.2) is 12.5 Å². The molecule has 1 aliphatic heterocycles. The second-order valence-corrected chi connectivity index (χ2v) is 3.91. The summed E-state index contributed by atoms with van der Waals surface area (Å²) in [4.78, 5) is 11.1. The highest BCUT2D eigenvalue weighted by atomic mass is 16.5. The fraction of sp³-hybridized carbons (Fsp3) is 0.0714. The van der Waals surface area contributed by atoms with Crippen LogP contribution >= 0.6 is 0 Å². The first-order valence-electron chi connectivity index (χ1n) is 5.45. The minimum atomic E-state index is -0.107. The molecule has 0 saturated heterocycles. The van der Waals surface area contributed by atoms with Crippen LogP contribution in [0.15, 0.2) is 48.5 Å². The molecule has 0 aromatic heterocycles. The van der Waals surface area contributed by atoms with Crippen LogP contribution in [0.1, 0.15) is 0 Å². The van der Waals surface area contributed by atoms with E-state index in [0.29, 0.717) is 0 Å². The lowest BCUT2D eigenvalue weighted by atomic mass is 10.0. The van der Waals surface area contributed by atoms with Gasteiger partial charge in [0.1, 0.15) is 5.75 Å². The summed E-state index contributed by atoms with van der Waals surface area (Å²) in [5.74, 6) is 0.621. The van der Waals surface area contributed by atoms with Crippen LogP contribution in [0.3, 0.4) is 0 Å². The number of hydrogen-bond donors (Lipinski definition) is 1. The van der Waals surface area contributed by atoms with Crippen molar-refractivity contribution < 1.29 is 9.53 Å². The molecule has 0 fully saturated rings. The Morgan fingerprint density at radius 3 is 2.65 bits per heavy atom. The van der Waals surface area contributed by atoms with Crippen molar-refractivity contribution in [1.82, 2.24) is 0 Å². The van der Waals surface area contributed by atoms with E-state index in [1.165, 1.54) is 0 Å². The highest BCUT2D eigenvalue weighted by molar-refractivity contribution is 5.95. The standard InChI is InChI=1S/C14H11NO2/c16-14-9-17-13-8-11(6-7-12(13)15-14)10-4-2-1-3-5-10/h1-8H,9H2,(H,15,16). The summed E-state index contributed by atoms with van der Waals surface area (Å²) in [6.45, 7) is 0.0885. The van der Waals surface area contributed by atoms with Crippen LogP contribution in [0.5, 0.6) is 5.75 Å². The predicted molar refractivity (Wildman–Crippen MR) is 66.0 cm³/mol. The molecule has 0 saturated carbocycles. The number of carbonyl (C=O) groups excluding carboxylic acids is 1. The third-order valence-corrected chi connectivity index (χ3v) is 2.72. The Morgan fingerprint density at radius 1 is 1.00 bits per heavy atom. The number of ether oxygens (including phenoxy) is 1. The average molecular weight is 225 g/mol. The van der Waals surface area contributed by atoms with Crippen molar-refractivity contribution in [3.63, 3.8) is 0 Å². The van der Waals surface area contributed by atoms with Gasteiger partial charge in [-0.2, -0.15) is 0 Å². The quantitative estimate of drug-likeness (QED) is 0.810. The van der Waals surface area contributed by atoms with Gasteiger partial charge in [0.05, 0.1) is 5.69 Å². The summed E-state index contributed by atoms with van der Waals surface area (Å²) in [6.07, 6.45) is 0. The lowest BCUT2D eigenvalue weighted by Crippen LogP contribution is -2.25. The first kappa shape index (κ1) is 9.90. The lowest BCUT2D eigenvalue weighted by molar-refractivity contribution is -0.118. The SMILES string of the molecule is O=C1COc2cc(-c3ccccc3)ccc2N1. The maximum atomic E-state index is 11.1.